The molecule has 0 N–H and O–H groups in total. The van der Waals surface area contributed by atoms with E-state index in [1.165, 1.54) is 172 Å². The van der Waals surface area contributed by atoms with Crippen LogP contribution < -0.4 is 12.4 Å². The number of nitrogens with zero attached hydrogens (tertiary/aromatic N) is 1. The Kier molecular flexibility index (Phi) is 29.6. The van der Waals surface area contributed by atoms with Gasteiger partial charge in [-0.25, -0.2) is 0 Å². The zero-order chi connectivity index (χ0) is 22.9. The number of rotatable bonds is 26. The zero-order valence-corrected chi connectivity index (χ0v) is 24.0. The molecule has 0 aromatic rings. The van der Waals surface area contributed by atoms with Gasteiger partial charge in [-0.3, -0.25) is 0 Å². The molecule has 0 spiro atoms. The van der Waals surface area contributed by atoms with Crippen LogP contribution in [0.1, 0.15) is 169 Å². The van der Waals surface area contributed by atoms with E-state index in [0.717, 1.165) is 0 Å². The first-order chi connectivity index (χ1) is 15.2. The predicted octanol–water partition coefficient (Wildman–Crippen LogP) is 7.47. The van der Waals surface area contributed by atoms with Crippen molar-refractivity contribution in [1.82, 2.24) is 0 Å². The van der Waals surface area contributed by atoms with E-state index in [0.29, 0.717) is 0 Å². The summed E-state index contributed by atoms with van der Waals surface area (Å²) >= 11 is 0. The van der Waals surface area contributed by atoms with Gasteiger partial charge in [0.05, 0.1) is 26.2 Å². The molecule has 0 atom stereocenters. The smallest absolute Gasteiger partial charge is 0.0786 e. The lowest BCUT2D eigenvalue weighted by Crippen LogP contribution is -3.00. The Morgan fingerprint density at radius 1 is 0.281 bits per heavy atom. The quantitative estimate of drug-likeness (QED) is 0.0902. The highest BCUT2D eigenvalue weighted by Gasteiger charge is 2.25. The molecule has 1 nitrogen and oxygen atoms in total. The van der Waals surface area contributed by atoms with Gasteiger partial charge in [0.2, 0.25) is 0 Å². The highest BCUT2D eigenvalue weighted by molar-refractivity contribution is 4.54. The molecule has 0 saturated carbocycles. The van der Waals surface area contributed by atoms with Gasteiger partial charge in [-0.15, -0.1) is 0 Å². The van der Waals surface area contributed by atoms with Crippen molar-refractivity contribution in [3.63, 3.8) is 0 Å². The largest absolute Gasteiger partial charge is 1.00 e. The van der Waals surface area contributed by atoms with Crippen molar-refractivity contribution >= 4 is 0 Å². The first-order valence-corrected chi connectivity index (χ1v) is 15.1. The van der Waals surface area contributed by atoms with Crippen molar-refractivity contribution in [3.05, 3.63) is 0 Å². The molecule has 0 heterocycles. The number of hydrogen-bond acceptors (Lipinski definition) is 0. The van der Waals surface area contributed by atoms with Crippen LogP contribution in [0.5, 0.6) is 0 Å². The molecule has 2 heteroatoms. The van der Waals surface area contributed by atoms with Crippen molar-refractivity contribution in [2.45, 2.75) is 169 Å². The van der Waals surface area contributed by atoms with Crippen LogP contribution in [-0.4, -0.2) is 30.7 Å². The van der Waals surface area contributed by atoms with Crippen LogP contribution >= 0.6 is 0 Å². The van der Waals surface area contributed by atoms with E-state index in [1.54, 1.807) is 0 Å². The van der Waals surface area contributed by atoms with Crippen LogP contribution in [0.15, 0.2) is 0 Å². The molecule has 0 unspecified atom stereocenters. The minimum atomic E-state index is 0. The van der Waals surface area contributed by atoms with Gasteiger partial charge in [-0.2, -0.15) is 0 Å². The Morgan fingerprint density at radius 3 is 0.719 bits per heavy atom. The van der Waals surface area contributed by atoms with E-state index in [-0.39, 0.29) is 12.4 Å². The SMILES string of the molecule is CCCCCCCCCCCC[N+](CCCCCC)(CCCCCC)CCCCCC.[Cl-]. The lowest BCUT2D eigenvalue weighted by Gasteiger charge is -2.39. The van der Waals surface area contributed by atoms with Crippen LogP contribution in [-0.2, 0) is 0 Å². The third-order valence-corrected chi connectivity index (χ3v) is 7.44. The second kappa shape index (κ2) is 27.5. The number of halogens is 1. The maximum Gasteiger partial charge on any atom is 0.0786 e. The van der Waals surface area contributed by atoms with Gasteiger partial charge < -0.3 is 16.9 Å². The van der Waals surface area contributed by atoms with Gasteiger partial charge >= 0.3 is 0 Å². The Morgan fingerprint density at radius 2 is 0.469 bits per heavy atom. The average Bonchev–Trinajstić information content (AvgIpc) is 2.78. The second-order valence-corrected chi connectivity index (χ2v) is 10.6. The van der Waals surface area contributed by atoms with Gasteiger partial charge in [-0.05, 0) is 51.4 Å². The van der Waals surface area contributed by atoms with Gasteiger partial charge in [0.25, 0.3) is 0 Å². The summed E-state index contributed by atoms with van der Waals surface area (Å²) < 4.78 is 1.47. The van der Waals surface area contributed by atoms with E-state index in [4.69, 9.17) is 0 Å². The van der Waals surface area contributed by atoms with Crippen LogP contribution in [0.3, 0.4) is 0 Å². The molecule has 0 aliphatic heterocycles. The molecule has 0 rings (SSSR count). The molecule has 32 heavy (non-hydrogen) atoms. The normalized spacial score (nSPS) is 11.6. The summed E-state index contributed by atoms with van der Waals surface area (Å²) in [5, 5.41) is 0. The highest BCUT2D eigenvalue weighted by Crippen LogP contribution is 2.20. The standard InChI is InChI=1S/C30H64N.ClH/c1-5-9-13-17-18-19-20-21-22-26-30-31(27-23-14-10-6-2,28-24-15-11-7-3)29-25-16-12-8-4;/h5-30H2,1-4H3;1H/q+1;/p-1. The fraction of sp³-hybridized carbons (Fsp3) is 1.00. The van der Waals surface area contributed by atoms with Crippen molar-refractivity contribution in [2.75, 3.05) is 26.2 Å². The van der Waals surface area contributed by atoms with E-state index in [1.807, 2.05) is 0 Å². The summed E-state index contributed by atoms with van der Waals surface area (Å²) in [5.74, 6) is 0. The molecule has 0 aliphatic carbocycles. The van der Waals surface area contributed by atoms with Crippen LogP contribution in [0.4, 0.5) is 0 Å². The Labute approximate surface area is 211 Å². The predicted molar refractivity (Wildman–Crippen MR) is 144 cm³/mol. The molecule has 0 fully saturated rings. The monoisotopic (exact) mass is 473 g/mol. The molecule has 0 bridgehead atoms. The first-order valence-electron chi connectivity index (χ1n) is 15.1. The number of hydrogen-bond donors (Lipinski definition) is 0. The van der Waals surface area contributed by atoms with E-state index < -0.39 is 0 Å². The zero-order valence-electron chi connectivity index (χ0n) is 23.2. The lowest BCUT2D eigenvalue weighted by molar-refractivity contribution is -0.929. The summed E-state index contributed by atoms with van der Waals surface area (Å²) in [6.07, 6.45) is 31.8. The molecule has 0 aromatic heterocycles. The van der Waals surface area contributed by atoms with Crippen LogP contribution in [0.2, 0.25) is 0 Å². The number of quaternary nitrogens is 1. The first kappa shape index (κ1) is 34.4. The molecular formula is C30H64ClN. The van der Waals surface area contributed by atoms with Gasteiger partial charge in [0.15, 0.2) is 0 Å². The minimum absolute atomic E-state index is 0. The van der Waals surface area contributed by atoms with E-state index >= 15 is 0 Å². The van der Waals surface area contributed by atoms with Gasteiger partial charge in [0.1, 0.15) is 0 Å². The Hall–Kier alpha value is 0.250. The highest BCUT2D eigenvalue weighted by atomic mass is 35.5. The summed E-state index contributed by atoms with van der Waals surface area (Å²) in [7, 11) is 0. The fourth-order valence-corrected chi connectivity index (χ4v) is 5.23. The third kappa shape index (κ3) is 22.1. The maximum absolute atomic E-state index is 2.35. The third-order valence-electron chi connectivity index (χ3n) is 7.44. The average molecular weight is 474 g/mol. The minimum Gasteiger partial charge on any atom is -1.00 e. The summed E-state index contributed by atoms with van der Waals surface area (Å²) in [5.41, 5.74) is 0. The van der Waals surface area contributed by atoms with Gasteiger partial charge in [0, 0.05) is 0 Å². The van der Waals surface area contributed by atoms with Crippen molar-refractivity contribution < 1.29 is 16.9 Å². The topological polar surface area (TPSA) is 0 Å². The molecule has 0 radical (unpaired) electrons. The Balaban J connectivity index is 0. The summed E-state index contributed by atoms with van der Waals surface area (Å²) in [6.45, 7) is 15.2. The molecule has 0 aromatic carbocycles. The van der Waals surface area contributed by atoms with Gasteiger partial charge in [-0.1, -0.05) is 118 Å². The molecule has 0 saturated heterocycles. The summed E-state index contributed by atoms with van der Waals surface area (Å²) in [4.78, 5) is 0. The van der Waals surface area contributed by atoms with Crippen LogP contribution in [0.25, 0.3) is 0 Å². The summed E-state index contributed by atoms with van der Waals surface area (Å²) in [6, 6.07) is 0. The molecule has 0 aliphatic rings. The van der Waals surface area contributed by atoms with E-state index in [2.05, 4.69) is 27.7 Å². The fourth-order valence-electron chi connectivity index (χ4n) is 5.23. The second-order valence-electron chi connectivity index (χ2n) is 10.6. The molecular weight excluding hydrogens is 410 g/mol. The Bertz CT molecular complexity index is 300. The lowest BCUT2D eigenvalue weighted by atomic mass is 10.0. The van der Waals surface area contributed by atoms with Crippen LogP contribution in [0, 0.1) is 0 Å². The molecule has 0 amide bonds. The van der Waals surface area contributed by atoms with Crippen molar-refractivity contribution in [1.29, 1.82) is 0 Å². The van der Waals surface area contributed by atoms with Crippen molar-refractivity contribution in [2.24, 2.45) is 0 Å². The number of unbranched alkanes of at least 4 members (excludes halogenated alkanes) is 18. The molecule has 196 valence electrons. The van der Waals surface area contributed by atoms with Crippen molar-refractivity contribution in [3.8, 4) is 0 Å². The maximum atomic E-state index is 2.35. The van der Waals surface area contributed by atoms with E-state index in [9.17, 15) is 0 Å².